The van der Waals surface area contributed by atoms with E-state index in [1.54, 1.807) is 7.11 Å². The number of ether oxygens (including phenoxy) is 1. The number of benzene rings is 1. The number of rotatable bonds is 7. The van der Waals surface area contributed by atoms with E-state index in [1.807, 2.05) is 11.3 Å². The lowest BCUT2D eigenvalue weighted by Crippen LogP contribution is -2.34. The van der Waals surface area contributed by atoms with E-state index in [0.717, 1.165) is 18.8 Å². The fraction of sp³-hybridized carbons (Fsp3) is 0.474. The molecule has 1 unspecified atom stereocenters. The molecule has 23 heavy (non-hydrogen) atoms. The molecule has 0 amide bonds. The van der Waals surface area contributed by atoms with Gasteiger partial charge in [-0.3, -0.25) is 4.90 Å². The lowest BCUT2D eigenvalue weighted by Gasteiger charge is -2.28. The molecule has 1 fully saturated rings. The van der Waals surface area contributed by atoms with Gasteiger partial charge in [0.1, 0.15) is 5.75 Å². The fourth-order valence-corrected chi connectivity index (χ4v) is 4.12. The summed E-state index contributed by atoms with van der Waals surface area (Å²) in [5.74, 6) is 0.927. The van der Waals surface area contributed by atoms with Crippen molar-refractivity contribution in [2.45, 2.75) is 32.4 Å². The molecule has 1 aromatic heterocycles. The van der Waals surface area contributed by atoms with Gasteiger partial charge >= 0.3 is 0 Å². The third-order valence-corrected chi connectivity index (χ3v) is 5.70. The number of hydrogen-bond acceptors (Lipinski definition) is 4. The van der Waals surface area contributed by atoms with Crippen molar-refractivity contribution in [2.24, 2.45) is 0 Å². The smallest absolute Gasteiger partial charge is 0.118 e. The van der Waals surface area contributed by atoms with Crippen molar-refractivity contribution in [3.8, 4) is 5.75 Å². The zero-order valence-corrected chi connectivity index (χ0v) is 14.9. The maximum absolute atomic E-state index is 5.29. The minimum Gasteiger partial charge on any atom is -0.497 e. The van der Waals surface area contributed by atoms with Crippen LogP contribution in [0, 0.1) is 6.92 Å². The molecular formula is C19H26N2OS. The molecule has 1 aliphatic rings. The van der Waals surface area contributed by atoms with E-state index < -0.39 is 0 Å². The molecule has 1 N–H and O–H groups in total. The maximum atomic E-state index is 5.29. The molecule has 1 aliphatic heterocycles. The van der Waals surface area contributed by atoms with Gasteiger partial charge in [0, 0.05) is 24.0 Å². The standard InChI is InChI=1S/C19H26N2OS/c1-15-9-12-23-19(15)14-20-13-18(21-10-3-4-11-21)16-5-7-17(22-2)8-6-16/h5-9,12,18,20H,3-4,10-11,13-14H2,1-2H3. The molecule has 0 saturated carbocycles. The largest absolute Gasteiger partial charge is 0.497 e. The monoisotopic (exact) mass is 330 g/mol. The quantitative estimate of drug-likeness (QED) is 0.831. The topological polar surface area (TPSA) is 24.5 Å². The Kier molecular flexibility index (Phi) is 5.70. The fourth-order valence-electron chi connectivity index (χ4n) is 3.24. The van der Waals surface area contributed by atoms with Gasteiger partial charge in [-0.2, -0.15) is 0 Å². The van der Waals surface area contributed by atoms with E-state index in [-0.39, 0.29) is 0 Å². The number of hydrogen-bond donors (Lipinski definition) is 1. The van der Waals surface area contributed by atoms with Crippen molar-refractivity contribution in [3.05, 3.63) is 51.7 Å². The SMILES string of the molecule is COc1ccc(C(CNCc2sccc2C)N2CCCC2)cc1. The first kappa shape index (κ1) is 16.5. The number of nitrogens with zero attached hydrogens (tertiary/aromatic N) is 1. The van der Waals surface area contributed by atoms with Gasteiger partial charge in [-0.05, 0) is 67.6 Å². The zero-order chi connectivity index (χ0) is 16.1. The number of likely N-dealkylation sites (tertiary alicyclic amines) is 1. The zero-order valence-electron chi connectivity index (χ0n) is 14.0. The molecule has 0 spiro atoms. The predicted molar refractivity (Wildman–Crippen MR) is 97.3 cm³/mol. The van der Waals surface area contributed by atoms with Crippen LogP contribution >= 0.6 is 11.3 Å². The van der Waals surface area contributed by atoms with Crippen molar-refractivity contribution >= 4 is 11.3 Å². The highest BCUT2D eigenvalue weighted by molar-refractivity contribution is 7.10. The minimum atomic E-state index is 0.448. The first-order valence-corrected chi connectivity index (χ1v) is 9.27. The van der Waals surface area contributed by atoms with Crippen LogP contribution in [-0.4, -0.2) is 31.6 Å². The summed E-state index contributed by atoms with van der Waals surface area (Å²) in [7, 11) is 1.72. The van der Waals surface area contributed by atoms with E-state index in [4.69, 9.17) is 4.74 Å². The Morgan fingerprint density at radius 3 is 2.52 bits per heavy atom. The van der Waals surface area contributed by atoms with Crippen LogP contribution in [0.2, 0.25) is 0 Å². The van der Waals surface area contributed by atoms with Gasteiger partial charge in [-0.1, -0.05) is 12.1 Å². The molecule has 0 radical (unpaired) electrons. The van der Waals surface area contributed by atoms with Crippen LogP contribution in [-0.2, 0) is 6.54 Å². The van der Waals surface area contributed by atoms with Crippen molar-refractivity contribution < 1.29 is 4.74 Å². The maximum Gasteiger partial charge on any atom is 0.118 e. The Morgan fingerprint density at radius 2 is 1.91 bits per heavy atom. The van der Waals surface area contributed by atoms with Crippen LogP contribution < -0.4 is 10.1 Å². The lowest BCUT2D eigenvalue weighted by molar-refractivity contribution is 0.238. The molecule has 1 atom stereocenters. The molecule has 2 heterocycles. The first-order chi connectivity index (χ1) is 11.3. The van der Waals surface area contributed by atoms with E-state index in [2.05, 4.69) is 52.9 Å². The van der Waals surface area contributed by atoms with E-state index in [1.165, 1.54) is 41.9 Å². The molecule has 3 nitrogen and oxygen atoms in total. The molecule has 1 aromatic carbocycles. The molecule has 1 saturated heterocycles. The van der Waals surface area contributed by atoms with Crippen LogP contribution in [0.25, 0.3) is 0 Å². The molecule has 124 valence electrons. The number of nitrogens with one attached hydrogen (secondary N) is 1. The van der Waals surface area contributed by atoms with Crippen LogP contribution in [0.5, 0.6) is 5.75 Å². The number of methoxy groups -OCH3 is 1. The van der Waals surface area contributed by atoms with Crippen LogP contribution in [0.1, 0.15) is 34.9 Å². The lowest BCUT2D eigenvalue weighted by atomic mass is 10.1. The summed E-state index contributed by atoms with van der Waals surface area (Å²) < 4.78 is 5.29. The number of thiophene rings is 1. The van der Waals surface area contributed by atoms with Crippen molar-refractivity contribution in [2.75, 3.05) is 26.7 Å². The minimum absolute atomic E-state index is 0.448. The summed E-state index contributed by atoms with van der Waals surface area (Å²) in [4.78, 5) is 4.05. The Morgan fingerprint density at radius 1 is 1.17 bits per heavy atom. The van der Waals surface area contributed by atoms with Gasteiger partial charge in [-0.15, -0.1) is 11.3 Å². The van der Waals surface area contributed by atoms with Crippen LogP contribution in [0.4, 0.5) is 0 Å². The van der Waals surface area contributed by atoms with Gasteiger partial charge in [0.15, 0.2) is 0 Å². The highest BCUT2D eigenvalue weighted by Crippen LogP contribution is 2.26. The third kappa shape index (κ3) is 4.14. The van der Waals surface area contributed by atoms with Crippen molar-refractivity contribution in [1.29, 1.82) is 0 Å². The number of aryl methyl sites for hydroxylation is 1. The highest BCUT2D eigenvalue weighted by Gasteiger charge is 2.23. The predicted octanol–water partition coefficient (Wildman–Crippen LogP) is 3.99. The van der Waals surface area contributed by atoms with Crippen molar-refractivity contribution in [1.82, 2.24) is 10.2 Å². The molecule has 3 rings (SSSR count). The van der Waals surface area contributed by atoms with Crippen LogP contribution in [0.15, 0.2) is 35.7 Å². The molecule has 4 heteroatoms. The van der Waals surface area contributed by atoms with E-state index in [0.29, 0.717) is 6.04 Å². The van der Waals surface area contributed by atoms with E-state index >= 15 is 0 Å². The van der Waals surface area contributed by atoms with Gasteiger partial charge in [0.2, 0.25) is 0 Å². The first-order valence-electron chi connectivity index (χ1n) is 8.39. The molecule has 0 aliphatic carbocycles. The summed E-state index contributed by atoms with van der Waals surface area (Å²) in [6.45, 7) is 6.55. The summed E-state index contributed by atoms with van der Waals surface area (Å²) in [5.41, 5.74) is 2.77. The molecule has 0 bridgehead atoms. The van der Waals surface area contributed by atoms with Crippen molar-refractivity contribution in [3.63, 3.8) is 0 Å². The Balaban J connectivity index is 1.66. The van der Waals surface area contributed by atoms with Gasteiger partial charge in [-0.25, -0.2) is 0 Å². The van der Waals surface area contributed by atoms with Crippen LogP contribution in [0.3, 0.4) is 0 Å². The second-order valence-corrected chi connectivity index (χ2v) is 7.19. The second kappa shape index (κ2) is 7.95. The van der Waals surface area contributed by atoms with Gasteiger partial charge in [0.25, 0.3) is 0 Å². The Labute approximate surface area is 143 Å². The van der Waals surface area contributed by atoms with Gasteiger partial charge < -0.3 is 10.1 Å². The van der Waals surface area contributed by atoms with Gasteiger partial charge in [0.05, 0.1) is 7.11 Å². The summed E-state index contributed by atoms with van der Waals surface area (Å²) >= 11 is 1.84. The van der Waals surface area contributed by atoms with E-state index in [9.17, 15) is 0 Å². The highest BCUT2D eigenvalue weighted by atomic mass is 32.1. The molecule has 2 aromatic rings. The average molecular weight is 330 g/mol. The Hall–Kier alpha value is -1.36. The summed E-state index contributed by atoms with van der Waals surface area (Å²) in [6.07, 6.45) is 2.63. The summed E-state index contributed by atoms with van der Waals surface area (Å²) in [6, 6.07) is 11.2. The summed E-state index contributed by atoms with van der Waals surface area (Å²) in [5, 5.41) is 5.84. The Bertz CT molecular complexity index is 602. The average Bonchev–Trinajstić information content (AvgIpc) is 3.24. The second-order valence-electron chi connectivity index (χ2n) is 6.19. The molecular weight excluding hydrogens is 304 g/mol. The normalized spacial score (nSPS) is 16.6. The third-order valence-electron chi connectivity index (χ3n) is 4.67.